The Balaban J connectivity index is 0.000000516. The van der Waals surface area contributed by atoms with E-state index < -0.39 is 12.3 Å². The standard InChI is InChI=1S/C12H22O3.C9H18O3/c1-9(2)10(3)14-12(13)15-11-7-5-4-6-8-11;1-6(2)8(5)12-9(10)11-7(3)4/h9-11H,4-8H2,1-3H3;6-8H,1-5H3. The fraction of sp³-hybridized carbons (Fsp3) is 0.905. The fourth-order valence-electron chi connectivity index (χ4n) is 2.14. The SMILES string of the molecule is CC(C)C(C)OC(=O)OC1CCCCC1.CC(C)OC(=O)OC(C)C(C)C. The van der Waals surface area contributed by atoms with Crippen LogP contribution in [0.2, 0.25) is 0 Å². The zero-order valence-electron chi connectivity index (χ0n) is 18.4. The van der Waals surface area contributed by atoms with Crippen molar-refractivity contribution in [3.8, 4) is 0 Å². The van der Waals surface area contributed by atoms with Crippen LogP contribution in [0.5, 0.6) is 0 Å². The average Bonchev–Trinajstić information content (AvgIpc) is 2.55. The van der Waals surface area contributed by atoms with Gasteiger partial charge in [-0.3, -0.25) is 0 Å². The predicted octanol–water partition coefficient (Wildman–Crippen LogP) is 6.11. The van der Waals surface area contributed by atoms with E-state index in [0.717, 1.165) is 25.7 Å². The molecule has 160 valence electrons. The van der Waals surface area contributed by atoms with E-state index in [-0.39, 0.29) is 24.4 Å². The van der Waals surface area contributed by atoms with Crippen LogP contribution >= 0.6 is 0 Å². The number of carbonyl (C=O) groups is 2. The molecule has 2 atom stereocenters. The molecular formula is C21H40O6. The van der Waals surface area contributed by atoms with Gasteiger partial charge in [0, 0.05) is 0 Å². The molecule has 1 rings (SSSR count). The highest BCUT2D eigenvalue weighted by atomic mass is 16.7. The van der Waals surface area contributed by atoms with Crippen LogP contribution in [-0.2, 0) is 18.9 Å². The van der Waals surface area contributed by atoms with E-state index in [0.29, 0.717) is 11.8 Å². The van der Waals surface area contributed by atoms with E-state index in [1.807, 2.05) is 41.5 Å². The number of hydrogen-bond donors (Lipinski definition) is 0. The lowest BCUT2D eigenvalue weighted by Crippen LogP contribution is -2.26. The molecule has 6 heteroatoms. The van der Waals surface area contributed by atoms with Crippen LogP contribution < -0.4 is 0 Å². The highest BCUT2D eigenvalue weighted by Gasteiger charge is 2.20. The Morgan fingerprint density at radius 2 is 1.11 bits per heavy atom. The molecule has 0 heterocycles. The Morgan fingerprint density at radius 1 is 0.667 bits per heavy atom. The summed E-state index contributed by atoms with van der Waals surface area (Å²) in [6.45, 7) is 15.4. The summed E-state index contributed by atoms with van der Waals surface area (Å²) in [4.78, 5) is 22.3. The van der Waals surface area contributed by atoms with Crippen LogP contribution in [0.4, 0.5) is 9.59 Å². The maximum atomic E-state index is 11.4. The minimum Gasteiger partial charge on any atom is -0.432 e. The Hall–Kier alpha value is -1.46. The molecule has 0 amide bonds. The summed E-state index contributed by atoms with van der Waals surface area (Å²) in [5, 5.41) is 0. The van der Waals surface area contributed by atoms with E-state index in [4.69, 9.17) is 18.9 Å². The van der Waals surface area contributed by atoms with E-state index in [1.54, 1.807) is 13.8 Å². The van der Waals surface area contributed by atoms with Gasteiger partial charge in [-0.1, -0.05) is 34.1 Å². The third kappa shape index (κ3) is 13.4. The Bertz CT molecular complexity index is 413. The summed E-state index contributed by atoms with van der Waals surface area (Å²) in [6.07, 6.45) is 4.32. The quantitative estimate of drug-likeness (QED) is 0.511. The molecule has 1 aliphatic carbocycles. The van der Waals surface area contributed by atoms with Gasteiger partial charge in [0.1, 0.15) is 18.3 Å². The zero-order chi connectivity index (χ0) is 21.0. The van der Waals surface area contributed by atoms with Crippen LogP contribution in [0, 0.1) is 11.8 Å². The molecule has 0 N–H and O–H groups in total. The number of carbonyl (C=O) groups excluding carboxylic acids is 2. The maximum absolute atomic E-state index is 11.4. The van der Waals surface area contributed by atoms with Gasteiger partial charge in [0.15, 0.2) is 0 Å². The van der Waals surface area contributed by atoms with Gasteiger partial charge in [0.25, 0.3) is 0 Å². The van der Waals surface area contributed by atoms with E-state index in [9.17, 15) is 9.59 Å². The first-order chi connectivity index (χ1) is 12.5. The first-order valence-corrected chi connectivity index (χ1v) is 10.3. The van der Waals surface area contributed by atoms with Crippen LogP contribution in [-0.4, -0.2) is 36.7 Å². The Kier molecular flexibility index (Phi) is 12.9. The molecule has 0 aromatic rings. The van der Waals surface area contributed by atoms with Crippen LogP contribution in [0.15, 0.2) is 0 Å². The summed E-state index contributed by atoms with van der Waals surface area (Å²) in [5.74, 6) is 0.661. The first kappa shape index (κ1) is 25.5. The van der Waals surface area contributed by atoms with Gasteiger partial charge < -0.3 is 18.9 Å². The second-order valence-electron chi connectivity index (χ2n) is 8.18. The summed E-state index contributed by atoms with van der Waals surface area (Å²) in [7, 11) is 0. The van der Waals surface area contributed by atoms with Gasteiger partial charge in [-0.25, -0.2) is 9.59 Å². The molecule has 1 fully saturated rings. The average molecular weight is 389 g/mol. The highest BCUT2D eigenvalue weighted by Crippen LogP contribution is 2.21. The van der Waals surface area contributed by atoms with Crippen LogP contribution in [0.3, 0.4) is 0 Å². The minimum atomic E-state index is -0.578. The Morgan fingerprint density at radius 3 is 1.52 bits per heavy atom. The van der Waals surface area contributed by atoms with Gasteiger partial charge in [0.2, 0.25) is 0 Å². The Labute approximate surface area is 165 Å². The van der Waals surface area contributed by atoms with Crippen molar-refractivity contribution in [1.29, 1.82) is 0 Å². The fourth-order valence-corrected chi connectivity index (χ4v) is 2.14. The molecule has 0 spiro atoms. The molecule has 0 radical (unpaired) electrons. The van der Waals surface area contributed by atoms with Gasteiger partial charge in [-0.2, -0.15) is 0 Å². The van der Waals surface area contributed by atoms with Crippen molar-refractivity contribution in [2.45, 2.75) is 112 Å². The van der Waals surface area contributed by atoms with Crippen molar-refractivity contribution in [1.82, 2.24) is 0 Å². The largest absolute Gasteiger partial charge is 0.508 e. The van der Waals surface area contributed by atoms with Crippen molar-refractivity contribution in [2.24, 2.45) is 11.8 Å². The van der Waals surface area contributed by atoms with Gasteiger partial charge in [-0.05, 0) is 65.2 Å². The summed E-state index contributed by atoms with van der Waals surface area (Å²) in [6, 6.07) is 0. The van der Waals surface area contributed by atoms with Crippen LogP contribution in [0.25, 0.3) is 0 Å². The number of ether oxygens (including phenoxy) is 4. The lowest BCUT2D eigenvalue weighted by Gasteiger charge is -2.23. The molecule has 2 unspecified atom stereocenters. The number of hydrogen-bond acceptors (Lipinski definition) is 6. The monoisotopic (exact) mass is 388 g/mol. The normalized spacial score (nSPS) is 17.0. The van der Waals surface area contributed by atoms with Crippen molar-refractivity contribution in [3.05, 3.63) is 0 Å². The van der Waals surface area contributed by atoms with Crippen molar-refractivity contribution >= 4 is 12.3 Å². The number of rotatable bonds is 6. The smallest absolute Gasteiger partial charge is 0.432 e. The van der Waals surface area contributed by atoms with Gasteiger partial charge in [0.05, 0.1) is 6.10 Å². The molecule has 0 bridgehead atoms. The summed E-state index contributed by atoms with van der Waals surface area (Å²) < 4.78 is 20.2. The van der Waals surface area contributed by atoms with E-state index in [2.05, 4.69) is 0 Å². The molecule has 0 aromatic heterocycles. The third-order valence-corrected chi connectivity index (χ3v) is 4.59. The topological polar surface area (TPSA) is 71.1 Å². The second kappa shape index (κ2) is 13.7. The molecule has 6 nitrogen and oxygen atoms in total. The lowest BCUT2D eigenvalue weighted by molar-refractivity contribution is -0.0167. The molecule has 1 aliphatic rings. The zero-order valence-corrected chi connectivity index (χ0v) is 18.4. The van der Waals surface area contributed by atoms with Crippen molar-refractivity contribution in [2.75, 3.05) is 0 Å². The van der Waals surface area contributed by atoms with Crippen molar-refractivity contribution < 1.29 is 28.5 Å². The van der Waals surface area contributed by atoms with Gasteiger partial charge in [-0.15, -0.1) is 0 Å². The molecule has 27 heavy (non-hydrogen) atoms. The third-order valence-electron chi connectivity index (χ3n) is 4.59. The summed E-state index contributed by atoms with van der Waals surface area (Å²) >= 11 is 0. The molecule has 0 aromatic carbocycles. The highest BCUT2D eigenvalue weighted by molar-refractivity contribution is 5.60. The predicted molar refractivity (Wildman–Crippen MR) is 106 cm³/mol. The van der Waals surface area contributed by atoms with E-state index in [1.165, 1.54) is 6.42 Å². The molecule has 1 saturated carbocycles. The maximum Gasteiger partial charge on any atom is 0.508 e. The van der Waals surface area contributed by atoms with Crippen LogP contribution in [0.1, 0.15) is 87.5 Å². The molecule has 0 aliphatic heterocycles. The van der Waals surface area contributed by atoms with E-state index >= 15 is 0 Å². The molecular weight excluding hydrogens is 348 g/mol. The second-order valence-corrected chi connectivity index (χ2v) is 8.18. The van der Waals surface area contributed by atoms with Gasteiger partial charge >= 0.3 is 12.3 Å². The molecule has 0 saturated heterocycles. The van der Waals surface area contributed by atoms with Crippen molar-refractivity contribution in [3.63, 3.8) is 0 Å². The minimum absolute atomic E-state index is 0.0684. The summed E-state index contributed by atoms with van der Waals surface area (Å²) in [5.41, 5.74) is 0. The lowest BCUT2D eigenvalue weighted by atomic mass is 9.98. The first-order valence-electron chi connectivity index (χ1n) is 10.3.